The van der Waals surface area contributed by atoms with Crippen molar-refractivity contribution >= 4 is 27.7 Å². The van der Waals surface area contributed by atoms with Gasteiger partial charge < -0.3 is 19.4 Å². The lowest BCUT2D eigenvalue weighted by molar-refractivity contribution is 0.0257. The van der Waals surface area contributed by atoms with E-state index in [9.17, 15) is 18.0 Å². The van der Waals surface area contributed by atoms with Gasteiger partial charge in [0, 0.05) is 56.7 Å². The van der Waals surface area contributed by atoms with Crippen LogP contribution in [0.4, 0.5) is 4.79 Å². The molecule has 0 bridgehead atoms. The van der Waals surface area contributed by atoms with Crippen molar-refractivity contribution in [3.63, 3.8) is 0 Å². The van der Waals surface area contributed by atoms with Crippen molar-refractivity contribution in [1.82, 2.24) is 23.9 Å². The molecule has 2 aliphatic heterocycles. The number of amides is 2. The molecule has 1 spiro atoms. The third-order valence-electron chi connectivity index (χ3n) is 7.71. The minimum atomic E-state index is -3.61. The van der Waals surface area contributed by atoms with Crippen molar-refractivity contribution in [2.45, 2.75) is 58.5 Å². The van der Waals surface area contributed by atoms with Crippen molar-refractivity contribution in [2.75, 3.05) is 32.7 Å². The molecule has 5 rings (SSSR count). The minimum Gasteiger partial charge on any atom is -0.444 e. The fourth-order valence-electron chi connectivity index (χ4n) is 5.66. The molecule has 11 heteroatoms. The van der Waals surface area contributed by atoms with Crippen LogP contribution in [0.3, 0.4) is 0 Å². The van der Waals surface area contributed by atoms with Crippen LogP contribution in [-0.4, -0.2) is 77.3 Å². The van der Waals surface area contributed by atoms with Crippen molar-refractivity contribution in [3.05, 3.63) is 58.9 Å². The van der Waals surface area contributed by atoms with Crippen molar-refractivity contribution in [2.24, 2.45) is 5.41 Å². The van der Waals surface area contributed by atoms with Crippen LogP contribution in [0.1, 0.15) is 63.2 Å². The third-order valence-corrected chi connectivity index (χ3v) is 9.71. The van der Waals surface area contributed by atoms with Crippen LogP contribution in [0.5, 0.6) is 0 Å². The first kappa shape index (κ1) is 27.4. The first-order valence-corrected chi connectivity index (χ1v) is 15.0. The molecule has 210 valence electrons. The normalized spacial score (nSPS) is 22.6. The van der Waals surface area contributed by atoms with Gasteiger partial charge in [-0.3, -0.25) is 4.79 Å². The van der Waals surface area contributed by atoms with Crippen LogP contribution in [0.2, 0.25) is 0 Å². The molecule has 2 aromatic heterocycles. The molecule has 0 aromatic carbocycles. The number of hydrogen-bond acceptors (Lipinski definition) is 6. The predicted molar refractivity (Wildman–Crippen MR) is 148 cm³/mol. The molecule has 2 amide bonds. The summed E-state index contributed by atoms with van der Waals surface area (Å²) in [6.45, 7) is 7.90. The predicted octanol–water partition coefficient (Wildman–Crippen LogP) is 3.72. The summed E-state index contributed by atoms with van der Waals surface area (Å²) >= 11 is 0. The van der Waals surface area contributed by atoms with Crippen LogP contribution in [-0.2, 0) is 14.8 Å². The number of carbonyl (C=O) groups is 2. The molecule has 10 nitrogen and oxygen atoms in total. The van der Waals surface area contributed by atoms with Crippen LogP contribution in [0, 0.1) is 5.41 Å². The summed E-state index contributed by atoms with van der Waals surface area (Å²) in [5.74, 6) is -0.190. The number of nitrogens with zero attached hydrogens (tertiary/aromatic N) is 4. The van der Waals surface area contributed by atoms with Gasteiger partial charge in [0.2, 0.25) is 10.0 Å². The standard InChI is InChI=1S/C28H37N5O5S/c1-27(2,3)38-26(35)32-15-12-28(19-32)11-4-14-33(20-28)39(36,37)23-8-5-21(6-9-23)17-30-25(34)22-7-10-24-29-13-16-31(24)18-22/h5,7-8,10,13,16,18H,4,6,9,11-12,14-15,17,19-20H2,1-3H3,(H,30,34). The molecule has 2 aromatic rings. The maximum absolute atomic E-state index is 13.6. The van der Waals surface area contributed by atoms with E-state index in [1.807, 2.05) is 26.8 Å². The Hall–Kier alpha value is -3.18. The largest absolute Gasteiger partial charge is 0.444 e. The molecule has 0 saturated carbocycles. The molecule has 0 radical (unpaired) electrons. The maximum Gasteiger partial charge on any atom is 0.410 e. The highest BCUT2D eigenvalue weighted by atomic mass is 32.2. The van der Waals surface area contributed by atoms with E-state index >= 15 is 0 Å². The van der Waals surface area contributed by atoms with E-state index < -0.39 is 15.6 Å². The van der Waals surface area contributed by atoms with Gasteiger partial charge in [-0.25, -0.2) is 18.2 Å². The van der Waals surface area contributed by atoms with Crippen LogP contribution in [0.25, 0.3) is 5.65 Å². The Morgan fingerprint density at radius 1 is 1.10 bits per heavy atom. The molecular weight excluding hydrogens is 518 g/mol. The van der Waals surface area contributed by atoms with Crippen molar-refractivity contribution < 1.29 is 22.7 Å². The first-order valence-electron chi connectivity index (χ1n) is 13.5. The van der Waals surface area contributed by atoms with Gasteiger partial charge in [0.05, 0.1) is 10.5 Å². The number of fused-ring (bicyclic) bond motifs is 1. The third kappa shape index (κ3) is 6.04. The molecule has 1 unspecified atom stereocenters. The number of nitrogens with one attached hydrogen (secondary N) is 1. The Morgan fingerprint density at radius 3 is 2.67 bits per heavy atom. The zero-order valence-corrected chi connectivity index (χ0v) is 23.7. The van der Waals surface area contributed by atoms with Crippen molar-refractivity contribution in [1.29, 1.82) is 0 Å². The fraction of sp³-hybridized carbons (Fsp3) is 0.536. The second-order valence-electron chi connectivity index (χ2n) is 11.8. The number of hydrogen-bond donors (Lipinski definition) is 1. The van der Waals surface area contributed by atoms with Crippen LogP contribution in [0.15, 0.2) is 53.4 Å². The van der Waals surface area contributed by atoms with Gasteiger partial charge in [0.25, 0.3) is 5.91 Å². The summed E-state index contributed by atoms with van der Waals surface area (Å²) in [4.78, 5) is 31.5. The monoisotopic (exact) mass is 555 g/mol. The lowest BCUT2D eigenvalue weighted by Crippen LogP contribution is -2.48. The number of pyridine rings is 1. The summed E-state index contributed by atoms with van der Waals surface area (Å²) in [5, 5.41) is 2.93. The van der Waals surface area contributed by atoms with Crippen molar-refractivity contribution in [3.8, 4) is 0 Å². The number of aromatic nitrogens is 2. The number of likely N-dealkylation sites (tertiary alicyclic amines) is 1. The second-order valence-corrected chi connectivity index (χ2v) is 13.8. The maximum atomic E-state index is 13.6. The molecule has 39 heavy (non-hydrogen) atoms. The van der Waals surface area contributed by atoms with Gasteiger partial charge in [-0.1, -0.05) is 11.6 Å². The minimum absolute atomic E-state index is 0.190. The number of rotatable bonds is 5. The Balaban J connectivity index is 1.19. The molecule has 1 N–H and O–H groups in total. The number of carbonyl (C=O) groups excluding carboxylic acids is 2. The summed E-state index contributed by atoms with van der Waals surface area (Å²) < 4.78 is 36.1. The average molecular weight is 556 g/mol. The summed E-state index contributed by atoms with van der Waals surface area (Å²) in [7, 11) is -3.61. The lowest BCUT2D eigenvalue weighted by Gasteiger charge is -2.40. The second kappa shape index (κ2) is 10.4. The number of ether oxygens (including phenoxy) is 1. The molecule has 4 heterocycles. The van der Waals surface area contributed by atoms with E-state index in [-0.39, 0.29) is 17.4 Å². The van der Waals surface area contributed by atoms with E-state index in [1.165, 1.54) is 0 Å². The smallest absolute Gasteiger partial charge is 0.410 e. The van der Waals surface area contributed by atoms with E-state index in [0.717, 1.165) is 30.5 Å². The number of sulfonamides is 1. The average Bonchev–Trinajstić information content (AvgIpc) is 3.53. The van der Waals surface area contributed by atoms with Gasteiger partial charge in [-0.05, 0) is 71.1 Å². The van der Waals surface area contributed by atoms with Gasteiger partial charge in [-0.2, -0.15) is 4.31 Å². The Bertz CT molecular complexity index is 1440. The number of piperidine rings is 1. The molecule has 1 aliphatic carbocycles. The molecule has 3 aliphatic rings. The van der Waals surface area contributed by atoms with E-state index in [1.54, 1.807) is 50.4 Å². The van der Waals surface area contributed by atoms with E-state index in [0.29, 0.717) is 56.0 Å². The number of allylic oxidation sites excluding steroid dienone is 3. The van der Waals surface area contributed by atoms with E-state index in [2.05, 4.69) is 10.3 Å². The zero-order valence-electron chi connectivity index (χ0n) is 22.9. The quantitative estimate of drug-likeness (QED) is 0.602. The molecule has 2 saturated heterocycles. The summed E-state index contributed by atoms with van der Waals surface area (Å²) in [6, 6.07) is 3.53. The lowest BCUT2D eigenvalue weighted by atomic mass is 9.80. The summed E-state index contributed by atoms with van der Waals surface area (Å²) in [6.07, 6.45) is 11.8. The summed E-state index contributed by atoms with van der Waals surface area (Å²) in [5.41, 5.74) is 1.49. The van der Waals surface area contributed by atoms with Gasteiger partial charge in [0.1, 0.15) is 11.2 Å². The molecule has 1 atom stereocenters. The highest BCUT2D eigenvalue weighted by molar-refractivity contribution is 7.93. The number of imidazole rings is 1. The van der Waals surface area contributed by atoms with Crippen LogP contribution >= 0.6 is 0 Å². The Morgan fingerprint density at radius 2 is 1.92 bits per heavy atom. The highest BCUT2D eigenvalue weighted by Gasteiger charge is 2.46. The highest BCUT2D eigenvalue weighted by Crippen LogP contribution is 2.41. The topological polar surface area (TPSA) is 113 Å². The van der Waals surface area contributed by atoms with Gasteiger partial charge in [0.15, 0.2) is 0 Å². The first-order chi connectivity index (χ1) is 18.4. The van der Waals surface area contributed by atoms with Gasteiger partial charge in [-0.15, -0.1) is 0 Å². The zero-order chi connectivity index (χ0) is 27.8. The Kier molecular flexibility index (Phi) is 7.32. The van der Waals surface area contributed by atoms with Crippen LogP contribution < -0.4 is 5.32 Å². The van der Waals surface area contributed by atoms with Gasteiger partial charge >= 0.3 is 6.09 Å². The SMILES string of the molecule is CC(C)(C)OC(=O)N1CCC2(CCCN(S(=O)(=O)C3=CC=C(CNC(=O)c4ccc5nccn5c4)CC3)C2)C1. The molecule has 2 fully saturated rings. The van der Waals surface area contributed by atoms with E-state index in [4.69, 9.17) is 4.74 Å². The fourth-order valence-corrected chi connectivity index (χ4v) is 7.40. The Labute approximate surface area is 229 Å². The molecular formula is C28H37N5O5S.